The molecule has 0 aromatic carbocycles. The molecule has 3 nitrogen and oxygen atoms in total. The number of ether oxygens (including phenoxy) is 1. The fraction of sp³-hybridized carbons (Fsp3) is 0.875. The molecule has 0 bridgehead atoms. The first-order valence-corrected chi connectivity index (χ1v) is 8.11. The summed E-state index contributed by atoms with van der Waals surface area (Å²) in [4.78, 5) is 0. The zero-order valence-corrected chi connectivity index (χ0v) is 12.4. The first-order chi connectivity index (χ1) is 9.32. The smallest absolute Gasteiger partial charge is 0.0885 e. The van der Waals surface area contributed by atoms with E-state index in [0.29, 0.717) is 0 Å². The van der Waals surface area contributed by atoms with Crippen molar-refractivity contribution < 1.29 is 4.74 Å². The van der Waals surface area contributed by atoms with Crippen molar-refractivity contribution in [1.29, 1.82) is 0 Å². The Morgan fingerprint density at radius 1 is 1.21 bits per heavy atom. The van der Waals surface area contributed by atoms with Crippen LogP contribution in [0.15, 0.2) is 11.6 Å². The van der Waals surface area contributed by atoms with Gasteiger partial charge in [0.05, 0.1) is 11.6 Å². The second kappa shape index (κ2) is 7.41. The summed E-state index contributed by atoms with van der Waals surface area (Å²) in [7, 11) is 0. The lowest BCUT2D eigenvalue weighted by Gasteiger charge is -2.44. The maximum absolute atomic E-state index is 6.23. The van der Waals surface area contributed by atoms with Crippen LogP contribution < -0.4 is 11.3 Å². The average molecular weight is 266 g/mol. The Balaban J connectivity index is 2.17. The van der Waals surface area contributed by atoms with Gasteiger partial charge in [-0.05, 0) is 45.4 Å². The average Bonchev–Trinajstić information content (AvgIpc) is 2.70. The van der Waals surface area contributed by atoms with Gasteiger partial charge < -0.3 is 4.74 Å². The zero-order chi connectivity index (χ0) is 13.6. The van der Waals surface area contributed by atoms with Crippen LogP contribution in [0, 0.1) is 0 Å². The topological polar surface area (TPSA) is 47.3 Å². The third-order valence-corrected chi connectivity index (χ3v) is 4.77. The molecule has 0 aliphatic heterocycles. The van der Waals surface area contributed by atoms with Crippen molar-refractivity contribution in [3.63, 3.8) is 0 Å². The number of nitrogens with one attached hydrogen (secondary N) is 1. The van der Waals surface area contributed by atoms with E-state index in [1.54, 1.807) is 0 Å². The molecule has 0 saturated heterocycles. The van der Waals surface area contributed by atoms with E-state index in [1.807, 2.05) is 0 Å². The number of hydrogen-bond donors (Lipinski definition) is 2. The van der Waals surface area contributed by atoms with Gasteiger partial charge in [-0.3, -0.25) is 11.3 Å². The van der Waals surface area contributed by atoms with Crippen LogP contribution in [-0.2, 0) is 4.74 Å². The molecule has 19 heavy (non-hydrogen) atoms. The van der Waals surface area contributed by atoms with Gasteiger partial charge in [0.15, 0.2) is 0 Å². The fourth-order valence-corrected chi connectivity index (χ4v) is 3.85. The summed E-state index contributed by atoms with van der Waals surface area (Å²) >= 11 is 0. The van der Waals surface area contributed by atoms with E-state index in [1.165, 1.54) is 56.9 Å². The number of allylic oxidation sites excluding steroid dienone is 1. The van der Waals surface area contributed by atoms with Crippen LogP contribution in [0.1, 0.15) is 71.1 Å². The van der Waals surface area contributed by atoms with Gasteiger partial charge in [-0.25, -0.2) is 0 Å². The summed E-state index contributed by atoms with van der Waals surface area (Å²) in [6.45, 7) is 2.89. The Morgan fingerprint density at radius 3 is 2.63 bits per heavy atom. The molecule has 110 valence electrons. The van der Waals surface area contributed by atoms with Gasteiger partial charge in [0, 0.05) is 6.61 Å². The van der Waals surface area contributed by atoms with E-state index < -0.39 is 0 Å². The lowest BCUT2D eigenvalue weighted by Crippen LogP contribution is -2.56. The Hall–Kier alpha value is -0.380. The van der Waals surface area contributed by atoms with Crippen molar-refractivity contribution >= 4 is 0 Å². The first kappa shape index (κ1) is 15.0. The SMILES string of the molecule is CCOC1(C(NN)C2=CCCCCC2)CCCCC1. The number of rotatable bonds is 5. The molecular weight excluding hydrogens is 236 g/mol. The van der Waals surface area contributed by atoms with Crippen LogP contribution in [0.3, 0.4) is 0 Å². The first-order valence-electron chi connectivity index (χ1n) is 8.11. The summed E-state index contributed by atoms with van der Waals surface area (Å²) < 4.78 is 6.23. The van der Waals surface area contributed by atoms with E-state index in [9.17, 15) is 0 Å². The highest BCUT2D eigenvalue weighted by molar-refractivity contribution is 5.19. The molecule has 0 aromatic rings. The summed E-state index contributed by atoms with van der Waals surface area (Å²) in [5.74, 6) is 5.93. The minimum atomic E-state index is -0.0576. The van der Waals surface area contributed by atoms with Crippen LogP contribution in [0.2, 0.25) is 0 Å². The molecule has 0 radical (unpaired) electrons. The molecule has 0 spiro atoms. The lowest BCUT2D eigenvalue weighted by molar-refractivity contribution is -0.0825. The summed E-state index contributed by atoms with van der Waals surface area (Å²) in [6, 6.07) is 0.214. The van der Waals surface area contributed by atoms with Gasteiger partial charge in [0.1, 0.15) is 0 Å². The van der Waals surface area contributed by atoms with Crippen LogP contribution in [0.4, 0.5) is 0 Å². The highest BCUT2D eigenvalue weighted by Crippen LogP contribution is 2.38. The predicted molar refractivity (Wildman–Crippen MR) is 79.7 cm³/mol. The van der Waals surface area contributed by atoms with Crippen LogP contribution in [0.5, 0.6) is 0 Å². The molecule has 2 rings (SSSR count). The monoisotopic (exact) mass is 266 g/mol. The molecule has 1 fully saturated rings. The molecule has 0 amide bonds. The van der Waals surface area contributed by atoms with Crippen molar-refractivity contribution in [2.45, 2.75) is 82.8 Å². The zero-order valence-electron chi connectivity index (χ0n) is 12.4. The Kier molecular flexibility index (Phi) is 5.86. The van der Waals surface area contributed by atoms with Gasteiger partial charge in [0.25, 0.3) is 0 Å². The number of hydrazine groups is 1. The number of hydrogen-bond acceptors (Lipinski definition) is 3. The molecule has 3 N–H and O–H groups in total. The second-order valence-electron chi connectivity index (χ2n) is 6.04. The summed E-state index contributed by atoms with van der Waals surface area (Å²) in [5, 5.41) is 0. The van der Waals surface area contributed by atoms with Gasteiger partial charge >= 0.3 is 0 Å². The van der Waals surface area contributed by atoms with Crippen molar-refractivity contribution in [3.05, 3.63) is 11.6 Å². The molecule has 1 saturated carbocycles. The molecule has 0 heterocycles. The van der Waals surface area contributed by atoms with Gasteiger partial charge in [-0.1, -0.05) is 37.3 Å². The molecule has 0 aromatic heterocycles. The van der Waals surface area contributed by atoms with Crippen LogP contribution >= 0.6 is 0 Å². The molecular formula is C16H30N2O. The predicted octanol–water partition coefficient (Wildman–Crippen LogP) is 3.45. The summed E-state index contributed by atoms with van der Waals surface area (Å²) in [6.07, 6.45) is 14.9. The fourth-order valence-electron chi connectivity index (χ4n) is 3.85. The van der Waals surface area contributed by atoms with Crippen molar-refractivity contribution in [2.75, 3.05) is 6.61 Å². The van der Waals surface area contributed by atoms with Gasteiger partial charge in [0.2, 0.25) is 0 Å². The van der Waals surface area contributed by atoms with Gasteiger partial charge in [-0.2, -0.15) is 0 Å². The molecule has 1 unspecified atom stereocenters. The van der Waals surface area contributed by atoms with E-state index in [0.717, 1.165) is 19.4 Å². The Labute approximate surface area is 117 Å². The lowest BCUT2D eigenvalue weighted by atomic mass is 9.75. The molecule has 3 heteroatoms. The molecule has 1 atom stereocenters. The van der Waals surface area contributed by atoms with Crippen LogP contribution in [0.25, 0.3) is 0 Å². The van der Waals surface area contributed by atoms with Crippen LogP contribution in [-0.4, -0.2) is 18.2 Å². The molecule has 2 aliphatic rings. The third kappa shape index (κ3) is 3.59. The highest BCUT2D eigenvalue weighted by atomic mass is 16.5. The second-order valence-corrected chi connectivity index (χ2v) is 6.04. The van der Waals surface area contributed by atoms with Crippen molar-refractivity contribution in [1.82, 2.24) is 5.43 Å². The highest BCUT2D eigenvalue weighted by Gasteiger charge is 2.41. The largest absolute Gasteiger partial charge is 0.373 e. The Morgan fingerprint density at radius 2 is 1.95 bits per heavy atom. The minimum Gasteiger partial charge on any atom is -0.373 e. The van der Waals surface area contributed by atoms with Crippen molar-refractivity contribution in [2.24, 2.45) is 5.84 Å². The number of nitrogens with two attached hydrogens (primary N) is 1. The van der Waals surface area contributed by atoms with E-state index in [-0.39, 0.29) is 11.6 Å². The quantitative estimate of drug-likeness (QED) is 0.455. The standard InChI is InChI=1S/C16H30N2O/c1-2-19-16(12-8-5-9-13-16)15(18-17)14-10-6-3-4-7-11-14/h10,15,18H,2-9,11-13,17H2,1H3. The Bertz CT molecular complexity index is 290. The third-order valence-electron chi connectivity index (χ3n) is 4.77. The molecule has 2 aliphatic carbocycles. The van der Waals surface area contributed by atoms with Crippen molar-refractivity contribution in [3.8, 4) is 0 Å². The van der Waals surface area contributed by atoms with Gasteiger partial charge in [-0.15, -0.1) is 0 Å². The maximum Gasteiger partial charge on any atom is 0.0885 e. The maximum atomic E-state index is 6.23. The normalized spacial score (nSPS) is 25.5. The van der Waals surface area contributed by atoms with E-state index >= 15 is 0 Å². The summed E-state index contributed by atoms with van der Waals surface area (Å²) in [5.41, 5.74) is 4.54. The minimum absolute atomic E-state index is 0.0576. The van der Waals surface area contributed by atoms with E-state index in [4.69, 9.17) is 10.6 Å². The van der Waals surface area contributed by atoms with E-state index in [2.05, 4.69) is 18.4 Å².